The van der Waals surface area contributed by atoms with Crippen molar-refractivity contribution in [2.45, 2.75) is 5.41 Å². The molecule has 0 aliphatic carbocycles. The highest BCUT2D eigenvalue weighted by atomic mass is 32.1. The smallest absolute Gasteiger partial charge is 0.333 e. The lowest BCUT2D eigenvalue weighted by molar-refractivity contribution is 0.732. The number of fused-ring (bicyclic) bond motifs is 15. The van der Waals surface area contributed by atoms with Gasteiger partial charge in [-0.1, -0.05) is 170 Å². The van der Waals surface area contributed by atoms with Crippen LogP contribution in [0.3, 0.4) is 0 Å². The molecule has 0 N–H and O–H groups in total. The van der Waals surface area contributed by atoms with Gasteiger partial charge in [-0.05, 0) is 62.3 Å². The van der Waals surface area contributed by atoms with Crippen molar-refractivity contribution in [3.8, 4) is 11.1 Å². The van der Waals surface area contributed by atoms with Crippen LogP contribution in [0.15, 0.2) is 188 Å². The van der Waals surface area contributed by atoms with Crippen LogP contribution in [0.4, 0.5) is 17.1 Å². The molecule has 0 saturated heterocycles. The number of nitrogens with zero attached hydrogens (tertiary/aromatic N) is 2. The second-order valence-corrected chi connectivity index (χ2v) is 17.0. The molecule has 2 aromatic heterocycles. The average molecular weight is 739 g/mol. The summed E-state index contributed by atoms with van der Waals surface area (Å²) in [6.45, 7) is -0.0560. The highest BCUT2D eigenvalue weighted by Gasteiger charge is 2.52. The summed E-state index contributed by atoms with van der Waals surface area (Å²) in [5.41, 5.74) is 16.5. The predicted octanol–water partition coefficient (Wildman–Crippen LogP) is 12.4. The van der Waals surface area contributed by atoms with Crippen molar-refractivity contribution in [3.63, 3.8) is 0 Å². The Hall–Kier alpha value is -6.88. The third-order valence-electron chi connectivity index (χ3n) is 13.4. The van der Waals surface area contributed by atoms with Crippen LogP contribution in [-0.4, -0.2) is 11.3 Å². The molecule has 3 aliphatic heterocycles. The molecule has 9 aromatic carbocycles. The van der Waals surface area contributed by atoms with Crippen LogP contribution in [0.5, 0.6) is 0 Å². The first-order chi connectivity index (χ1) is 28.3. The number of thiophene rings is 1. The Morgan fingerprint density at radius 3 is 1.98 bits per heavy atom. The van der Waals surface area contributed by atoms with E-state index in [1.54, 1.807) is 0 Å². The molecule has 0 saturated carbocycles. The molecule has 0 spiro atoms. The molecule has 0 atom stereocenters. The van der Waals surface area contributed by atoms with Gasteiger partial charge in [0.25, 0.3) is 0 Å². The summed E-state index contributed by atoms with van der Waals surface area (Å²) in [5, 5.41) is 7.91. The molecule has 3 aliphatic rings. The zero-order valence-electron chi connectivity index (χ0n) is 30.8. The molecule has 0 fully saturated rings. The minimum absolute atomic E-state index is 0.0560. The molecule has 0 radical (unpaired) electrons. The van der Waals surface area contributed by atoms with Gasteiger partial charge in [-0.3, -0.25) is 0 Å². The van der Waals surface area contributed by atoms with Crippen molar-refractivity contribution in [2.24, 2.45) is 0 Å². The van der Waals surface area contributed by atoms with Crippen LogP contribution >= 0.6 is 11.3 Å². The molecule has 14 rings (SSSR count). The second kappa shape index (κ2) is 10.7. The molecular weight excluding hydrogens is 707 g/mol. The lowest BCUT2D eigenvalue weighted by Gasteiger charge is -2.50. The predicted molar refractivity (Wildman–Crippen MR) is 242 cm³/mol. The Labute approximate surface area is 333 Å². The van der Waals surface area contributed by atoms with E-state index in [9.17, 15) is 0 Å². The van der Waals surface area contributed by atoms with Gasteiger partial charge >= 0.3 is 6.85 Å². The maximum Gasteiger partial charge on any atom is 0.333 e. The molecule has 0 bridgehead atoms. The molecule has 0 amide bonds. The summed E-state index contributed by atoms with van der Waals surface area (Å²) >= 11 is 1.92. The quantitative estimate of drug-likeness (QED) is 0.160. The minimum atomic E-state index is -0.545. The van der Waals surface area contributed by atoms with Crippen molar-refractivity contribution < 1.29 is 0 Å². The largest absolute Gasteiger partial charge is 0.375 e. The van der Waals surface area contributed by atoms with E-state index in [1.807, 2.05) is 11.3 Å². The van der Waals surface area contributed by atoms with Gasteiger partial charge in [0.2, 0.25) is 0 Å². The SMILES string of the molecule is c1ccc(C2(c3ccccc3)c3ccccc3N3c4cc5sc6ccccc6c5c5c4B(c4cccc2c43)n2c3c-5cccc3c3ccc4ccccc4c32)cc1. The van der Waals surface area contributed by atoms with Crippen LogP contribution in [0, 0.1) is 0 Å². The van der Waals surface area contributed by atoms with Crippen LogP contribution in [0.2, 0.25) is 0 Å². The molecule has 11 aromatic rings. The molecule has 262 valence electrons. The Morgan fingerprint density at radius 2 is 1.14 bits per heavy atom. The van der Waals surface area contributed by atoms with Gasteiger partial charge in [-0.25, -0.2) is 0 Å². The Kier molecular flexibility index (Phi) is 5.70. The van der Waals surface area contributed by atoms with Crippen molar-refractivity contribution >= 4 is 98.9 Å². The van der Waals surface area contributed by atoms with Crippen LogP contribution < -0.4 is 15.8 Å². The summed E-state index contributed by atoms with van der Waals surface area (Å²) in [6, 6.07) is 71.1. The van der Waals surface area contributed by atoms with E-state index < -0.39 is 5.41 Å². The van der Waals surface area contributed by atoms with Crippen LogP contribution in [0.1, 0.15) is 22.3 Å². The first-order valence-electron chi connectivity index (χ1n) is 19.9. The molecule has 2 nitrogen and oxygen atoms in total. The van der Waals surface area contributed by atoms with E-state index in [2.05, 4.69) is 197 Å². The molecule has 4 heteroatoms. The Balaban J connectivity index is 1.24. The van der Waals surface area contributed by atoms with Crippen molar-refractivity contribution in [1.29, 1.82) is 0 Å². The van der Waals surface area contributed by atoms with Gasteiger partial charge in [-0.2, -0.15) is 0 Å². The van der Waals surface area contributed by atoms with Crippen LogP contribution in [0.25, 0.3) is 63.9 Å². The fourth-order valence-corrected chi connectivity index (χ4v) is 12.5. The normalized spacial score (nSPS) is 14.4. The number of benzene rings is 9. The third kappa shape index (κ3) is 3.56. The number of rotatable bonds is 2. The number of aromatic nitrogens is 1. The van der Waals surface area contributed by atoms with E-state index in [1.165, 1.54) is 114 Å². The maximum absolute atomic E-state index is 2.74. The first kappa shape index (κ1) is 30.4. The van der Waals surface area contributed by atoms with Crippen molar-refractivity contribution in [1.82, 2.24) is 4.48 Å². The van der Waals surface area contributed by atoms with Gasteiger partial charge in [0.15, 0.2) is 0 Å². The average Bonchev–Trinajstić information content (AvgIpc) is 3.83. The highest BCUT2D eigenvalue weighted by Crippen LogP contribution is 2.60. The second-order valence-electron chi connectivity index (χ2n) is 15.9. The monoisotopic (exact) mass is 738 g/mol. The van der Waals surface area contributed by atoms with E-state index in [0.29, 0.717) is 0 Å². The number of hydrogen-bond donors (Lipinski definition) is 0. The van der Waals surface area contributed by atoms with Gasteiger partial charge in [-0.15, -0.1) is 11.3 Å². The van der Waals surface area contributed by atoms with E-state index >= 15 is 0 Å². The summed E-state index contributed by atoms with van der Waals surface area (Å²) in [7, 11) is 0. The van der Waals surface area contributed by atoms with Crippen molar-refractivity contribution in [3.05, 3.63) is 210 Å². The van der Waals surface area contributed by atoms with E-state index in [0.717, 1.165) is 0 Å². The van der Waals surface area contributed by atoms with Gasteiger partial charge in [0, 0.05) is 64.3 Å². The summed E-state index contributed by atoms with van der Waals surface area (Å²) in [6.07, 6.45) is 0. The lowest BCUT2D eigenvalue weighted by atomic mass is 9.43. The number of para-hydroxylation sites is 3. The Bertz CT molecular complexity index is 3500. The van der Waals surface area contributed by atoms with E-state index in [-0.39, 0.29) is 6.85 Å². The molecular formula is C53H31BN2S. The zero-order valence-corrected chi connectivity index (χ0v) is 31.6. The molecule has 5 heterocycles. The van der Waals surface area contributed by atoms with Gasteiger partial charge < -0.3 is 9.38 Å². The fraction of sp³-hybridized carbons (Fsp3) is 0.0189. The number of hydrogen-bond acceptors (Lipinski definition) is 2. The fourth-order valence-electron chi connectivity index (χ4n) is 11.4. The number of anilines is 3. The minimum Gasteiger partial charge on any atom is -0.375 e. The van der Waals surface area contributed by atoms with Gasteiger partial charge in [0.05, 0.1) is 11.1 Å². The molecule has 57 heavy (non-hydrogen) atoms. The maximum atomic E-state index is 2.74. The molecule has 0 unspecified atom stereocenters. The standard InChI is InChI=1S/C53H31BN2S/c1-3-16-33(17-4-1)53(34-18-5-2-6-19-34)40-24-10-11-27-43(40)55-44-31-46-47(38-21-9-12-28-45(38)57-46)48-39-23-13-22-36-37-30-29-32-15-7-8-20-35(32)50(37)56(51(36)39)54(49(44)48)42-26-14-25-41(53)52(42)55/h1-31H. The summed E-state index contributed by atoms with van der Waals surface area (Å²) < 4.78 is 5.41. The topological polar surface area (TPSA) is 8.17 Å². The summed E-state index contributed by atoms with van der Waals surface area (Å²) in [5.74, 6) is 0. The lowest BCUT2D eigenvalue weighted by Crippen LogP contribution is -2.58. The zero-order chi connectivity index (χ0) is 37.0. The summed E-state index contributed by atoms with van der Waals surface area (Å²) in [4.78, 5) is 2.65. The van der Waals surface area contributed by atoms with Crippen molar-refractivity contribution in [2.75, 3.05) is 4.90 Å². The van der Waals surface area contributed by atoms with Gasteiger partial charge in [0.1, 0.15) is 0 Å². The Morgan fingerprint density at radius 1 is 0.474 bits per heavy atom. The van der Waals surface area contributed by atoms with Crippen LogP contribution in [-0.2, 0) is 5.41 Å². The highest BCUT2D eigenvalue weighted by molar-refractivity contribution is 7.26. The first-order valence-corrected chi connectivity index (χ1v) is 20.7. The van der Waals surface area contributed by atoms with E-state index in [4.69, 9.17) is 0 Å². The third-order valence-corrected chi connectivity index (χ3v) is 14.5.